The van der Waals surface area contributed by atoms with Gasteiger partial charge in [0.25, 0.3) is 5.56 Å². The first-order chi connectivity index (χ1) is 21.1. The minimum Gasteiger partial charge on any atom is -0.494 e. The predicted octanol–water partition coefficient (Wildman–Crippen LogP) is 6.30. The zero-order valence-corrected chi connectivity index (χ0v) is 24.8. The fourth-order valence-corrected chi connectivity index (χ4v) is 5.45. The van der Waals surface area contributed by atoms with E-state index in [2.05, 4.69) is 17.0 Å². The molecule has 0 atom stereocenters. The molecule has 0 unspecified atom stereocenters. The molecule has 0 amide bonds. The molecule has 0 aliphatic rings. The van der Waals surface area contributed by atoms with Crippen molar-refractivity contribution in [3.8, 4) is 28.4 Å². The number of rotatable bonds is 11. The van der Waals surface area contributed by atoms with E-state index in [-0.39, 0.29) is 5.56 Å². The van der Waals surface area contributed by atoms with Gasteiger partial charge in [-0.15, -0.1) is 5.10 Å². The highest BCUT2D eigenvalue weighted by Crippen LogP contribution is 2.27. The Hall–Kier alpha value is -5.02. The van der Waals surface area contributed by atoms with Gasteiger partial charge in [-0.05, 0) is 79.6 Å². The Kier molecular flexibility index (Phi) is 8.42. The van der Waals surface area contributed by atoms with Crippen molar-refractivity contribution in [1.29, 1.82) is 0 Å². The lowest BCUT2D eigenvalue weighted by molar-refractivity contribution is 0.309. The molecule has 43 heavy (non-hydrogen) atoms. The van der Waals surface area contributed by atoms with Gasteiger partial charge in [-0.25, -0.2) is 4.68 Å². The first-order valence-corrected chi connectivity index (χ1v) is 15.1. The zero-order valence-electron chi connectivity index (χ0n) is 24.0. The van der Waals surface area contributed by atoms with Gasteiger partial charge in [-0.1, -0.05) is 61.1 Å². The molecule has 0 bridgehead atoms. The molecule has 3 aromatic heterocycles. The monoisotopic (exact) mass is 589 g/mol. The Labute approximate surface area is 253 Å². The second kappa shape index (κ2) is 12.9. The number of benzene rings is 3. The SMILES string of the molecule is CCCCOc1ccc(-c2nn(-c3ccccc3)cc2/C=c2\sc3nc(/C=C/c4ccc(OCC)cc4)nn3c2=O)cc1. The normalized spacial score (nSPS) is 12.0. The number of thiazole rings is 1. The van der Waals surface area contributed by atoms with Gasteiger partial charge in [0, 0.05) is 17.3 Å². The lowest BCUT2D eigenvalue weighted by atomic mass is 10.1. The number of hydrogen-bond acceptors (Lipinski definition) is 7. The first-order valence-electron chi connectivity index (χ1n) is 14.3. The number of hydrogen-bond donors (Lipinski definition) is 0. The predicted molar refractivity (Wildman–Crippen MR) is 172 cm³/mol. The van der Waals surface area contributed by atoms with Crippen molar-refractivity contribution < 1.29 is 9.47 Å². The van der Waals surface area contributed by atoms with E-state index in [1.54, 1.807) is 6.08 Å². The van der Waals surface area contributed by atoms with E-state index in [0.717, 1.165) is 52.4 Å². The molecule has 6 rings (SSSR count). The van der Waals surface area contributed by atoms with Crippen molar-refractivity contribution in [2.75, 3.05) is 13.2 Å². The summed E-state index contributed by atoms with van der Waals surface area (Å²) in [5.74, 6) is 2.12. The summed E-state index contributed by atoms with van der Waals surface area (Å²) in [4.78, 5) is 18.5. The average molecular weight is 590 g/mol. The maximum absolute atomic E-state index is 13.4. The number of aromatic nitrogens is 5. The largest absolute Gasteiger partial charge is 0.494 e. The van der Waals surface area contributed by atoms with Gasteiger partial charge < -0.3 is 9.47 Å². The van der Waals surface area contributed by atoms with Crippen LogP contribution in [0.2, 0.25) is 0 Å². The van der Waals surface area contributed by atoms with Gasteiger partial charge in [-0.3, -0.25) is 4.79 Å². The number of fused-ring (bicyclic) bond motifs is 1. The molecule has 0 radical (unpaired) electrons. The van der Waals surface area contributed by atoms with Crippen LogP contribution in [0.15, 0.2) is 89.9 Å². The summed E-state index contributed by atoms with van der Waals surface area (Å²) in [6.07, 6.45) is 9.62. The summed E-state index contributed by atoms with van der Waals surface area (Å²) in [5, 5.41) is 9.35. The molecule has 0 saturated heterocycles. The fraction of sp³-hybridized carbons (Fsp3) is 0.176. The van der Waals surface area contributed by atoms with E-state index in [0.29, 0.717) is 28.5 Å². The molecule has 0 saturated carbocycles. The van der Waals surface area contributed by atoms with Crippen LogP contribution in [0.1, 0.15) is 43.6 Å². The van der Waals surface area contributed by atoms with Crippen molar-refractivity contribution in [2.24, 2.45) is 0 Å². The van der Waals surface area contributed by atoms with Crippen LogP contribution in [0.5, 0.6) is 11.5 Å². The fourth-order valence-electron chi connectivity index (χ4n) is 4.55. The second-order valence-electron chi connectivity index (χ2n) is 9.86. The van der Waals surface area contributed by atoms with Gasteiger partial charge in [-0.2, -0.15) is 14.6 Å². The third-order valence-electron chi connectivity index (χ3n) is 6.76. The van der Waals surface area contributed by atoms with Crippen molar-refractivity contribution in [3.63, 3.8) is 0 Å². The van der Waals surface area contributed by atoms with Crippen molar-refractivity contribution >= 4 is 34.5 Å². The third-order valence-corrected chi connectivity index (χ3v) is 7.72. The summed E-state index contributed by atoms with van der Waals surface area (Å²) in [7, 11) is 0. The lowest BCUT2D eigenvalue weighted by Gasteiger charge is -2.06. The van der Waals surface area contributed by atoms with Crippen LogP contribution in [-0.2, 0) is 0 Å². The lowest BCUT2D eigenvalue weighted by Crippen LogP contribution is -2.23. The highest BCUT2D eigenvalue weighted by molar-refractivity contribution is 7.15. The zero-order chi connectivity index (χ0) is 29.6. The van der Waals surface area contributed by atoms with Gasteiger partial charge >= 0.3 is 0 Å². The van der Waals surface area contributed by atoms with Crippen LogP contribution < -0.4 is 19.6 Å². The minimum atomic E-state index is -0.216. The standard InChI is InChI=1S/C34H31N5O3S/c1-3-5-21-42-29-18-14-25(15-19-29)32-26(23-38(37-32)27-9-7-6-8-10-27)22-30-33(40)39-34(43-30)35-31(36-39)20-13-24-11-16-28(17-12-24)41-4-2/h6-20,22-23H,3-5,21H2,1-2H3/b20-13+,30-22-. The summed E-state index contributed by atoms with van der Waals surface area (Å²) < 4.78 is 15.1. The Morgan fingerprint density at radius 2 is 1.60 bits per heavy atom. The van der Waals surface area contributed by atoms with Crippen molar-refractivity contribution in [1.82, 2.24) is 24.4 Å². The van der Waals surface area contributed by atoms with Crippen LogP contribution in [0.25, 0.3) is 40.1 Å². The van der Waals surface area contributed by atoms with Crippen molar-refractivity contribution in [2.45, 2.75) is 26.7 Å². The summed E-state index contributed by atoms with van der Waals surface area (Å²) >= 11 is 1.31. The maximum Gasteiger partial charge on any atom is 0.291 e. The maximum atomic E-state index is 13.4. The number of nitrogens with zero attached hydrogens (tertiary/aromatic N) is 5. The third kappa shape index (κ3) is 6.42. The Morgan fingerprint density at radius 3 is 2.33 bits per heavy atom. The van der Waals surface area contributed by atoms with Crippen LogP contribution >= 0.6 is 11.3 Å². The number of para-hydroxylation sites is 1. The van der Waals surface area contributed by atoms with Crippen molar-refractivity contribution in [3.05, 3.63) is 117 Å². The first kappa shape index (κ1) is 28.1. The number of ether oxygens (including phenoxy) is 2. The molecule has 0 aliphatic carbocycles. The quantitative estimate of drug-likeness (QED) is 0.165. The molecular formula is C34H31N5O3S. The molecule has 0 fully saturated rings. The average Bonchev–Trinajstić information content (AvgIpc) is 3.72. The molecule has 3 heterocycles. The Balaban J connectivity index is 1.32. The Bertz CT molecular complexity index is 1960. The van der Waals surface area contributed by atoms with Crippen LogP contribution in [0, 0.1) is 0 Å². The van der Waals surface area contributed by atoms with E-state index in [9.17, 15) is 4.79 Å². The second-order valence-corrected chi connectivity index (χ2v) is 10.9. The summed E-state index contributed by atoms with van der Waals surface area (Å²) in [6, 6.07) is 25.6. The van der Waals surface area contributed by atoms with Crippen LogP contribution in [-0.4, -0.2) is 37.6 Å². The van der Waals surface area contributed by atoms with E-state index in [1.807, 2.05) is 109 Å². The van der Waals surface area contributed by atoms with E-state index in [1.165, 1.54) is 15.9 Å². The van der Waals surface area contributed by atoms with Gasteiger partial charge in [0.2, 0.25) is 4.96 Å². The molecular weight excluding hydrogens is 558 g/mol. The molecule has 9 heteroatoms. The molecule has 0 N–H and O–H groups in total. The Morgan fingerprint density at radius 1 is 0.860 bits per heavy atom. The van der Waals surface area contributed by atoms with Crippen LogP contribution in [0.4, 0.5) is 0 Å². The van der Waals surface area contributed by atoms with E-state index in [4.69, 9.17) is 14.6 Å². The summed E-state index contributed by atoms with van der Waals surface area (Å²) in [5.41, 5.74) is 4.21. The number of unbranched alkanes of at least 4 members (excludes halogenated alkanes) is 1. The van der Waals surface area contributed by atoms with Gasteiger partial charge in [0.1, 0.15) is 17.2 Å². The summed E-state index contributed by atoms with van der Waals surface area (Å²) in [6.45, 7) is 5.41. The van der Waals surface area contributed by atoms with E-state index < -0.39 is 0 Å². The van der Waals surface area contributed by atoms with Gasteiger partial charge in [0.15, 0.2) is 5.82 Å². The topological polar surface area (TPSA) is 83.5 Å². The molecule has 8 nitrogen and oxygen atoms in total. The molecule has 6 aromatic rings. The highest BCUT2D eigenvalue weighted by Gasteiger charge is 2.14. The minimum absolute atomic E-state index is 0.216. The highest BCUT2D eigenvalue weighted by atomic mass is 32.1. The van der Waals surface area contributed by atoms with Gasteiger partial charge in [0.05, 0.1) is 23.4 Å². The molecule has 0 spiro atoms. The molecule has 3 aromatic carbocycles. The van der Waals surface area contributed by atoms with Crippen LogP contribution in [0.3, 0.4) is 0 Å². The molecule has 216 valence electrons. The molecule has 0 aliphatic heterocycles. The smallest absolute Gasteiger partial charge is 0.291 e. The van der Waals surface area contributed by atoms with E-state index >= 15 is 0 Å².